The first-order valence-electron chi connectivity index (χ1n) is 8.65. The van der Waals surface area contributed by atoms with Crippen LogP contribution in [-0.2, 0) is 11.2 Å². The fraction of sp³-hybridized carbons (Fsp3) is 0.611. The van der Waals surface area contributed by atoms with E-state index in [9.17, 15) is 4.79 Å². The van der Waals surface area contributed by atoms with E-state index in [0.29, 0.717) is 24.8 Å². The van der Waals surface area contributed by atoms with Gasteiger partial charge in [-0.1, -0.05) is 0 Å². The van der Waals surface area contributed by atoms with Crippen molar-refractivity contribution in [3.8, 4) is 11.5 Å². The standard InChI is InChI=1S/C18H26N2O3/c1-3-22-17-10-13-9-12(2)23-16(13)11-15(17)20-18(21)7-6-14-5-4-8-19-14/h10-12,14,19H,3-9H2,1-2H3,(H,20,21). The Morgan fingerprint density at radius 3 is 3.09 bits per heavy atom. The summed E-state index contributed by atoms with van der Waals surface area (Å²) in [6.45, 7) is 5.64. The zero-order valence-corrected chi connectivity index (χ0v) is 14.0. The number of carbonyl (C=O) groups excluding carboxylic acids is 1. The second-order valence-electron chi connectivity index (χ2n) is 6.40. The fourth-order valence-corrected chi connectivity index (χ4v) is 3.33. The molecule has 3 rings (SSSR count). The van der Waals surface area contributed by atoms with Gasteiger partial charge in [0.2, 0.25) is 5.91 Å². The molecular formula is C18H26N2O3. The van der Waals surface area contributed by atoms with Gasteiger partial charge >= 0.3 is 0 Å². The van der Waals surface area contributed by atoms with Gasteiger partial charge in [-0.15, -0.1) is 0 Å². The Kier molecular flexibility index (Phi) is 5.06. The molecule has 2 unspecified atom stereocenters. The molecule has 0 radical (unpaired) electrons. The van der Waals surface area contributed by atoms with Gasteiger partial charge in [0.1, 0.15) is 17.6 Å². The molecule has 5 heteroatoms. The molecule has 1 aromatic carbocycles. The number of ether oxygens (including phenoxy) is 2. The van der Waals surface area contributed by atoms with Crippen molar-refractivity contribution in [3.05, 3.63) is 17.7 Å². The van der Waals surface area contributed by atoms with Gasteiger partial charge in [0, 0.05) is 30.5 Å². The van der Waals surface area contributed by atoms with Crippen LogP contribution in [0.4, 0.5) is 5.69 Å². The van der Waals surface area contributed by atoms with Crippen LogP contribution >= 0.6 is 0 Å². The van der Waals surface area contributed by atoms with Crippen LogP contribution in [0.25, 0.3) is 0 Å². The van der Waals surface area contributed by atoms with Crippen molar-refractivity contribution in [2.75, 3.05) is 18.5 Å². The largest absolute Gasteiger partial charge is 0.492 e. The molecule has 0 saturated carbocycles. The molecule has 2 aliphatic rings. The van der Waals surface area contributed by atoms with E-state index < -0.39 is 0 Å². The minimum absolute atomic E-state index is 0.0330. The number of nitrogens with one attached hydrogen (secondary N) is 2. The number of fused-ring (bicyclic) bond motifs is 1. The zero-order valence-electron chi connectivity index (χ0n) is 14.0. The van der Waals surface area contributed by atoms with Gasteiger partial charge < -0.3 is 20.1 Å². The third-order valence-electron chi connectivity index (χ3n) is 4.45. The fourth-order valence-electron chi connectivity index (χ4n) is 3.33. The smallest absolute Gasteiger partial charge is 0.224 e. The molecule has 1 saturated heterocycles. The molecule has 2 heterocycles. The molecule has 1 fully saturated rings. The highest BCUT2D eigenvalue weighted by atomic mass is 16.5. The van der Waals surface area contributed by atoms with E-state index in [1.165, 1.54) is 12.8 Å². The third-order valence-corrected chi connectivity index (χ3v) is 4.45. The summed E-state index contributed by atoms with van der Waals surface area (Å²) < 4.78 is 11.5. The second kappa shape index (κ2) is 7.21. The van der Waals surface area contributed by atoms with Crippen molar-refractivity contribution in [1.82, 2.24) is 5.32 Å². The van der Waals surface area contributed by atoms with Crippen molar-refractivity contribution < 1.29 is 14.3 Å². The van der Waals surface area contributed by atoms with Crippen LogP contribution in [0.5, 0.6) is 11.5 Å². The zero-order chi connectivity index (χ0) is 16.2. The maximum Gasteiger partial charge on any atom is 0.224 e. The summed E-state index contributed by atoms with van der Waals surface area (Å²) >= 11 is 0. The summed E-state index contributed by atoms with van der Waals surface area (Å²) in [6, 6.07) is 4.38. The summed E-state index contributed by atoms with van der Waals surface area (Å²) in [4.78, 5) is 12.3. The number of carbonyl (C=O) groups is 1. The normalized spacial score (nSPS) is 22.5. The van der Waals surface area contributed by atoms with Crippen LogP contribution in [0, 0.1) is 0 Å². The Morgan fingerprint density at radius 2 is 2.35 bits per heavy atom. The van der Waals surface area contributed by atoms with Crippen molar-refractivity contribution in [2.24, 2.45) is 0 Å². The Balaban J connectivity index is 1.65. The lowest BCUT2D eigenvalue weighted by atomic mass is 10.1. The second-order valence-corrected chi connectivity index (χ2v) is 6.40. The highest BCUT2D eigenvalue weighted by Crippen LogP contribution is 2.38. The van der Waals surface area contributed by atoms with Crippen LogP contribution < -0.4 is 20.1 Å². The maximum absolute atomic E-state index is 12.3. The molecule has 2 aliphatic heterocycles. The van der Waals surface area contributed by atoms with Crippen LogP contribution in [0.1, 0.15) is 45.1 Å². The molecule has 2 atom stereocenters. The average Bonchev–Trinajstić information content (AvgIpc) is 3.14. The first-order chi connectivity index (χ1) is 11.2. The highest BCUT2D eigenvalue weighted by Gasteiger charge is 2.23. The average molecular weight is 318 g/mol. The predicted octanol–water partition coefficient (Wildman–Crippen LogP) is 2.88. The Morgan fingerprint density at radius 1 is 1.48 bits per heavy atom. The molecular weight excluding hydrogens is 292 g/mol. The van der Waals surface area contributed by atoms with Gasteiger partial charge in [-0.3, -0.25) is 4.79 Å². The minimum Gasteiger partial charge on any atom is -0.492 e. The summed E-state index contributed by atoms with van der Waals surface area (Å²) in [5.74, 6) is 1.62. The van der Waals surface area contributed by atoms with Gasteiger partial charge in [0.05, 0.1) is 12.3 Å². The molecule has 126 valence electrons. The summed E-state index contributed by atoms with van der Waals surface area (Å²) in [7, 11) is 0. The Labute approximate surface area is 137 Å². The first-order valence-corrected chi connectivity index (χ1v) is 8.65. The quantitative estimate of drug-likeness (QED) is 0.847. The van der Waals surface area contributed by atoms with Crippen molar-refractivity contribution >= 4 is 11.6 Å². The monoisotopic (exact) mass is 318 g/mol. The minimum atomic E-state index is 0.0330. The van der Waals surface area contributed by atoms with Gasteiger partial charge in [-0.05, 0) is 45.7 Å². The lowest BCUT2D eigenvalue weighted by Crippen LogP contribution is -2.23. The van der Waals surface area contributed by atoms with Crippen LogP contribution in [0.2, 0.25) is 0 Å². The number of rotatable bonds is 6. The van der Waals surface area contributed by atoms with Crippen LogP contribution in [0.15, 0.2) is 12.1 Å². The molecule has 2 N–H and O–H groups in total. The molecule has 5 nitrogen and oxygen atoms in total. The molecule has 1 aromatic rings. The van der Waals surface area contributed by atoms with E-state index in [4.69, 9.17) is 9.47 Å². The number of anilines is 1. The number of amides is 1. The lowest BCUT2D eigenvalue weighted by Gasteiger charge is -2.14. The van der Waals surface area contributed by atoms with E-state index >= 15 is 0 Å². The van der Waals surface area contributed by atoms with E-state index in [0.717, 1.165) is 36.4 Å². The topological polar surface area (TPSA) is 59.6 Å². The van der Waals surface area contributed by atoms with E-state index in [1.54, 1.807) is 0 Å². The summed E-state index contributed by atoms with van der Waals surface area (Å²) in [5, 5.41) is 6.41. The highest BCUT2D eigenvalue weighted by molar-refractivity contribution is 5.92. The lowest BCUT2D eigenvalue weighted by molar-refractivity contribution is -0.116. The van der Waals surface area contributed by atoms with Gasteiger partial charge in [0.15, 0.2) is 0 Å². The first kappa shape index (κ1) is 16.1. The molecule has 1 amide bonds. The summed E-state index contributed by atoms with van der Waals surface area (Å²) in [6.07, 6.45) is 4.85. The van der Waals surface area contributed by atoms with Gasteiger partial charge in [-0.2, -0.15) is 0 Å². The van der Waals surface area contributed by atoms with Gasteiger partial charge in [-0.25, -0.2) is 0 Å². The number of hydrogen-bond donors (Lipinski definition) is 2. The number of hydrogen-bond acceptors (Lipinski definition) is 4. The molecule has 0 aromatic heterocycles. The van der Waals surface area contributed by atoms with Crippen LogP contribution in [-0.4, -0.2) is 31.2 Å². The van der Waals surface area contributed by atoms with Crippen molar-refractivity contribution in [2.45, 2.75) is 58.1 Å². The third kappa shape index (κ3) is 3.96. The predicted molar refractivity (Wildman–Crippen MR) is 90.3 cm³/mol. The van der Waals surface area contributed by atoms with Crippen molar-refractivity contribution in [1.29, 1.82) is 0 Å². The Hall–Kier alpha value is -1.75. The maximum atomic E-state index is 12.3. The SMILES string of the molecule is CCOc1cc2c(cc1NC(=O)CCC1CCCN1)OC(C)C2. The van der Waals surface area contributed by atoms with E-state index in [-0.39, 0.29) is 12.0 Å². The van der Waals surface area contributed by atoms with E-state index in [2.05, 4.69) is 10.6 Å². The van der Waals surface area contributed by atoms with E-state index in [1.807, 2.05) is 26.0 Å². The molecule has 0 aliphatic carbocycles. The number of benzene rings is 1. The van der Waals surface area contributed by atoms with Crippen LogP contribution in [0.3, 0.4) is 0 Å². The molecule has 23 heavy (non-hydrogen) atoms. The Bertz CT molecular complexity index is 568. The van der Waals surface area contributed by atoms with Gasteiger partial charge in [0.25, 0.3) is 0 Å². The molecule has 0 bridgehead atoms. The molecule has 0 spiro atoms. The summed E-state index contributed by atoms with van der Waals surface area (Å²) in [5.41, 5.74) is 1.86. The van der Waals surface area contributed by atoms with Crippen molar-refractivity contribution in [3.63, 3.8) is 0 Å².